The molecule has 1 N–H and O–H groups in total. The van der Waals surface area contributed by atoms with E-state index in [9.17, 15) is 9.50 Å². The minimum atomic E-state index is -0.316. The van der Waals surface area contributed by atoms with Gasteiger partial charge in [-0.3, -0.25) is 9.67 Å². The number of aryl methyl sites for hydroxylation is 1. The lowest BCUT2D eigenvalue weighted by atomic mass is 10.0. The van der Waals surface area contributed by atoms with Gasteiger partial charge in [0.25, 0.3) is 0 Å². The number of rotatable bonds is 3. The fourth-order valence-electron chi connectivity index (χ4n) is 3.65. The third-order valence-corrected chi connectivity index (χ3v) is 5.13. The minimum absolute atomic E-state index is 0.0895. The van der Waals surface area contributed by atoms with Crippen LogP contribution >= 0.6 is 0 Å². The maximum absolute atomic E-state index is 14.9. The van der Waals surface area contributed by atoms with Crippen LogP contribution in [0.5, 0.6) is 5.88 Å². The molecule has 0 unspecified atom stereocenters. The number of aromatic nitrogens is 4. The van der Waals surface area contributed by atoms with Crippen molar-refractivity contribution in [2.45, 2.75) is 6.54 Å². The number of fused-ring (bicyclic) bond motifs is 2. The van der Waals surface area contributed by atoms with Crippen LogP contribution in [0.25, 0.3) is 32.9 Å². The second-order valence-corrected chi connectivity index (χ2v) is 6.83. The molecule has 0 aliphatic carbocycles. The topological polar surface area (TPSA) is 55.9 Å². The number of halogens is 1. The van der Waals surface area contributed by atoms with Crippen LogP contribution < -0.4 is 0 Å². The normalized spacial score (nSPS) is 11.5. The van der Waals surface area contributed by atoms with Crippen LogP contribution in [-0.2, 0) is 13.6 Å². The molecular formula is C22H17FN4O. The number of hydrogen-bond acceptors (Lipinski definition) is 3. The van der Waals surface area contributed by atoms with Gasteiger partial charge in [0, 0.05) is 30.4 Å². The van der Waals surface area contributed by atoms with E-state index >= 15 is 0 Å². The zero-order valence-electron chi connectivity index (χ0n) is 15.2. The minimum Gasteiger partial charge on any atom is -0.494 e. The lowest BCUT2D eigenvalue weighted by Crippen LogP contribution is -2.00. The van der Waals surface area contributed by atoms with Crippen LogP contribution in [0.2, 0.25) is 0 Å². The maximum atomic E-state index is 14.9. The Hall–Kier alpha value is -3.67. The zero-order valence-corrected chi connectivity index (χ0v) is 15.2. The Morgan fingerprint density at radius 3 is 2.79 bits per heavy atom. The first-order valence-electron chi connectivity index (χ1n) is 8.94. The van der Waals surface area contributed by atoms with Gasteiger partial charge in [-0.1, -0.05) is 24.3 Å². The van der Waals surface area contributed by atoms with Crippen LogP contribution in [0.15, 0.2) is 67.1 Å². The molecule has 138 valence electrons. The number of nitrogens with zero attached hydrogens (tertiary/aromatic N) is 4. The number of hydrogen-bond donors (Lipinski definition) is 1. The molecule has 0 bridgehead atoms. The van der Waals surface area contributed by atoms with Crippen molar-refractivity contribution in [1.82, 2.24) is 19.3 Å². The van der Waals surface area contributed by atoms with Crippen molar-refractivity contribution in [3.8, 4) is 17.0 Å². The molecule has 5 rings (SSSR count). The number of benzene rings is 2. The first-order valence-corrected chi connectivity index (χ1v) is 8.94. The third kappa shape index (κ3) is 2.53. The van der Waals surface area contributed by atoms with E-state index in [1.807, 2.05) is 31.3 Å². The Kier molecular flexibility index (Phi) is 3.65. The largest absolute Gasteiger partial charge is 0.494 e. The fourth-order valence-corrected chi connectivity index (χ4v) is 3.65. The summed E-state index contributed by atoms with van der Waals surface area (Å²) in [6, 6.07) is 14.7. The summed E-state index contributed by atoms with van der Waals surface area (Å²) < 4.78 is 18.3. The summed E-state index contributed by atoms with van der Waals surface area (Å²) in [5.74, 6) is -0.227. The zero-order chi connectivity index (χ0) is 19.3. The van der Waals surface area contributed by atoms with E-state index < -0.39 is 0 Å². The van der Waals surface area contributed by atoms with Gasteiger partial charge in [0.1, 0.15) is 5.82 Å². The molecule has 2 aromatic carbocycles. The van der Waals surface area contributed by atoms with Crippen molar-refractivity contribution in [1.29, 1.82) is 0 Å². The van der Waals surface area contributed by atoms with E-state index in [0.717, 1.165) is 22.0 Å². The molecule has 0 spiro atoms. The Morgan fingerprint density at radius 1 is 1.07 bits per heavy atom. The second kappa shape index (κ2) is 6.20. The summed E-state index contributed by atoms with van der Waals surface area (Å²) in [5.41, 5.74) is 3.91. The molecule has 28 heavy (non-hydrogen) atoms. The fraction of sp³-hybridized carbons (Fsp3) is 0.0909. The molecule has 0 aliphatic heterocycles. The summed E-state index contributed by atoms with van der Waals surface area (Å²) >= 11 is 0. The molecule has 0 saturated carbocycles. The Bertz CT molecular complexity index is 1340. The highest BCUT2D eigenvalue weighted by atomic mass is 19.1. The first-order chi connectivity index (χ1) is 13.6. The van der Waals surface area contributed by atoms with Gasteiger partial charge in [-0.2, -0.15) is 5.10 Å². The lowest BCUT2D eigenvalue weighted by molar-refractivity contribution is 0.428. The predicted octanol–water partition coefficient (Wildman–Crippen LogP) is 4.48. The van der Waals surface area contributed by atoms with Crippen LogP contribution in [-0.4, -0.2) is 24.4 Å². The molecule has 0 amide bonds. The van der Waals surface area contributed by atoms with E-state index in [1.165, 1.54) is 6.07 Å². The van der Waals surface area contributed by atoms with E-state index in [2.05, 4.69) is 10.1 Å². The van der Waals surface area contributed by atoms with Gasteiger partial charge in [-0.25, -0.2) is 4.39 Å². The standard InChI is InChI=1S/C22H17FN4O/c1-26-21-6-2-4-16(18(21)11-25-26)14-7-8-15(19(23)10-14)12-27-13-20-17(22(27)28)5-3-9-24-20/h2-11,13,28H,12H2,1H3. The molecular weight excluding hydrogens is 355 g/mol. The number of pyridine rings is 1. The van der Waals surface area contributed by atoms with Crippen molar-refractivity contribution < 1.29 is 9.50 Å². The average molecular weight is 372 g/mol. The summed E-state index contributed by atoms with van der Waals surface area (Å²) in [7, 11) is 1.89. The highest BCUT2D eigenvalue weighted by Gasteiger charge is 2.13. The van der Waals surface area contributed by atoms with Crippen LogP contribution in [0, 0.1) is 5.82 Å². The van der Waals surface area contributed by atoms with Gasteiger partial charge < -0.3 is 9.67 Å². The second-order valence-electron chi connectivity index (χ2n) is 6.83. The molecule has 6 heteroatoms. The van der Waals surface area contributed by atoms with Gasteiger partial charge in [0.15, 0.2) is 0 Å². The van der Waals surface area contributed by atoms with Crippen molar-refractivity contribution in [3.05, 3.63) is 78.5 Å². The first kappa shape index (κ1) is 16.5. The number of aromatic hydroxyl groups is 1. The van der Waals surface area contributed by atoms with E-state index in [1.54, 1.807) is 46.0 Å². The Balaban J connectivity index is 1.53. The van der Waals surface area contributed by atoms with Gasteiger partial charge in [-0.15, -0.1) is 0 Å². The maximum Gasteiger partial charge on any atom is 0.201 e. The Labute approximate surface area is 160 Å². The van der Waals surface area contributed by atoms with Crippen LogP contribution in [0.4, 0.5) is 4.39 Å². The van der Waals surface area contributed by atoms with Crippen LogP contribution in [0.1, 0.15) is 5.56 Å². The molecule has 5 aromatic rings. The molecule has 0 radical (unpaired) electrons. The van der Waals surface area contributed by atoms with Gasteiger partial charge in [-0.05, 0) is 35.4 Å². The summed E-state index contributed by atoms with van der Waals surface area (Å²) in [6.45, 7) is 0.228. The highest BCUT2D eigenvalue weighted by Crippen LogP contribution is 2.31. The van der Waals surface area contributed by atoms with E-state index in [0.29, 0.717) is 16.5 Å². The monoisotopic (exact) mass is 372 g/mol. The SMILES string of the molecule is Cn1ncc2c(-c3ccc(Cn4cc5ncccc5c4O)c(F)c3)cccc21. The van der Waals surface area contributed by atoms with Crippen LogP contribution in [0.3, 0.4) is 0 Å². The van der Waals surface area contributed by atoms with E-state index in [-0.39, 0.29) is 18.2 Å². The quantitative estimate of drug-likeness (QED) is 0.508. The summed E-state index contributed by atoms with van der Waals surface area (Å²) in [5, 5.41) is 16.3. The molecule has 0 saturated heterocycles. The lowest BCUT2D eigenvalue weighted by Gasteiger charge is -2.09. The van der Waals surface area contributed by atoms with Gasteiger partial charge in [0.05, 0.1) is 29.2 Å². The molecule has 0 atom stereocenters. The third-order valence-electron chi connectivity index (χ3n) is 5.13. The van der Waals surface area contributed by atoms with Crippen molar-refractivity contribution in [2.24, 2.45) is 7.05 Å². The summed E-state index contributed by atoms with van der Waals surface area (Å²) in [6.07, 6.45) is 5.20. The summed E-state index contributed by atoms with van der Waals surface area (Å²) in [4.78, 5) is 4.23. The van der Waals surface area contributed by atoms with Gasteiger partial charge in [0.2, 0.25) is 5.88 Å². The average Bonchev–Trinajstić information content (AvgIpc) is 3.24. The highest BCUT2D eigenvalue weighted by molar-refractivity contribution is 5.94. The molecule has 5 nitrogen and oxygen atoms in total. The van der Waals surface area contributed by atoms with Gasteiger partial charge >= 0.3 is 0 Å². The molecule has 3 aromatic heterocycles. The van der Waals surface area contributed by atoms with Crippen molar-refractivity contribution >= 4 is 21.8 Å². The van der Waals surface area contributed by atoms with Crippen molar-refractivity contribution in [2.75, 3.05) is 0 Å². The Morgan fingerprint density at radius 2 is 1.96 bits per heavy atom. The predicted molar refractivity (Wildman–Crippen MR) is 107 cm³/mol. The van der Waals surface area contributed by atoms with Crippen molar-refractivity contribution in [3.63, 3.8) is 0 Å². The smallest absolute Gasteiger partial charge is 0.201 e. The molecule has 3 heterocycles. The molecule has 0 fully saturated rings. The molecule has 0 aliphatic rings. The van der Waals surface area contributed by atoms with E-state index in [4.69, 9.17) is 0 Å².